The molecule has 0 bridgehead atoms. The zero-order chi connectivity index (χ0) is 12.3. The number of carbonyl (C=O) groups is 1. The summed E-state index contributed by atoms with van der Waals surface area (Å²) in [5.41, 5.74) is 0.600. The summed E-state index contributed by atoms with van der Waals surface area (Å²) < 4.78 is 5.27. The van der Waals surface area contributed by atoms with Gasteiger partial charge in [-0.15, -0.1) is 10.2 Å². The second-order valence-electron chi connectivity index (χ2n) is 3.54. The Kier molecular flexibility index (Phi) is 3.38. The van der Waals surface area contributed by atoms with Crippen molar-refractivity contribution < 1.29 is 9.90 Å². The van der Waals surface area contributed by atoms with Crippen molar-refractivity contribution in [3.8, 4) is 11.5 Å². The molecule has 17 heavy (non-hydrogen) atoms. The normalized spacial score (nSPS) is 12.5. The fourth-order valence-corrected chi connectivity index (χ4v) is 1.67. The molecule has 0 aliphatic rings. The second kappa shape index (κ2) is 4.95. The zero-order valence-electron chi connectivity index (χ0n) is 9.02. The van der Waals surface area contributed by atoms with E-state index in [2.05, 4.69) is 25.1 Å². The SMILES string of the molecule is CC(CCn1nnnc1-c1csnn1)C(=O)O. The van der Waals surface area contributed by atoms with Crippen LogP contribution < -0.4 is 0 Å². The van der Waals surface area contributed by atoms with Crippen molar-refractivity contribution in [1.82, 2.24) is 29.8 Å². The van der Waals surface area contributed by atoms with Gasteiger partial charge in [-0.05, 0) is 28.4 Å². The van der Waals surface area contributed by atoms with E-state index in [0.717, 1.165) is 0 Å². The van der Waals surface area contributed by atoms with Crippen LogP contribution in [0, 0.1) is 5.92 Å². The van der Waals surface area contributed by atoms with Gasteiger partial charge in [-0.2, -0.15) is 0 Å². The van der Waals surface area contributed by atoms with Crippen LogP contribution in [0.1, 0.15) is 13.3 Å². The maximum Gasteiger partial charge on any atom is 0.306 e. The standard InChI is InChI=1S/C8H10N6O2S/c1-5(8(15)16)2-3-14-7(10-11-12-14)6-4-17-13-9-6/h4-5H,2-3H2,1H3,(H,15,16). The Morgan fingerprint density at radius 2 is 2.41 bits per heavy atom. The Morgan fingerprint density at radius 3 is 3.06 bits per heavy atom. The molecular weight excluding hydrogens is 244 g/mol. The van der Waals surface area contributed by atoms with Crippen LogP contribution in [-0.2, 0) is 11.3 Å². The van der Waals surface area contributed by atoms with Crippen LogP contribution in [0.2, 0.25) is 0 Å². The lowest BCUT2D eigenvalue weighted by molar-refractivity contribution is -0.141. The van der Waals surface area contributed by atoms with E-state index in [1.807, 2.05) is 0 Å². The molecule has 0 fully saturated rings. The van der Waals surface area contributed by atoms with E-state index in [1.54, 1.807) is 12.3 Å². The van der Waals surface area contributed by atoms with E-state index in [1.165, 1.54) is 16.2 Å². The lowest BCUT2D eigenvalue weighted by Crippen LogP contribution is -2.14. The van der Waals surface area contributed by atoms with E-state index < -0.39 is 11.9 Å². The maximum atomic E-state index is 10.7. The highest BCUT2D eigenvalue weighted by Crippen LogP contribution is 2.14. The molecule has 1 N–H and O–H groups in total. The first-order valence-corrected chi connectivity index (χ1v) is 5.78. The molecule has 0 radical (unpaired) electrons. The average Bonchev–Trinajstić information content (AvgIpc) is 2.95. The number of tetrazole rings is 1. The lowest BCUT2D eigenvalue weighted by atomic mass is 10.1. The van der Waals surface area contributed by atoms with Crippen molar-refractivity contribution in [1.29, 1.82) is 0 Å². The Bertz CT molecular complexity index is 496. The highest BCUT2D eigenvalue weighted by atomic mass is 32.1. The molecule has 0 aliphatic carbocycles. The largest absolute Gasteiger partial charge is 0.481 e. The molecule has 2 aromatic heterocycles. The fraction of sp³-hybridized carbons (Fsp3) is 0.500. The summed E-state index contributed by atoms with van der Waals surface area (Å²) in [6, 6.07) is 0. The molecule has 8 nitrogen and oxygen atoms in total. The molecule has 1 unspecified atom stereocenters. The van der Waals surface area contributed by atoms with Gasteiger partial charge in [-0.25, -0.2) is 4.68 Å². The molecule has 0 amide bonds. The van der Waals surface area contributed by atoms with Gasteiger partial charge in [0.2, 0.25) is 5.82 Å². The smallest absolute Gasteiger partial charge is 0.306 e. The van der Waals surface area contributed by atoms with Crippen molar-refractivity contribution in [2.45, 2.75) is 19.9 Å². The topological polar surface area (TPSA) is 107 Å². The van der Waals surface area contributed by atoms with E-state index >= 15 is 0 Å². The Morgan fingerprint density at radius 1 is 1.59 bits per heavy atom. The lowest BCUT2D eigenvalue weighted by Gasteiger charge is -2.06. The van der Waals surface area contributed by atoms with Crippen LogP contribution in [0.25, 0.3) is 11.5 Å². The number of rotatable bonds is 5. The van der Waals surface area contributed by atoms with Crippen molar-refractivity contribution >= 4 is 17.5 Å². The number of nitrogens with zero attached hydrogens (tertiary/aromatic N) is 6. The van der Waals surface area contributed by atoms with Gasteiger partial charge in [-0.1, -0.05) is 11.4 Å². The summed E-state index contributed by atoms with van der Waals surface area (Å²) in [5.74, 6) is -0.744. The van der Waals surface area contributed by atoms with E-state index in [0.29, 0.717) is 24.5 Å². The highest BCUT2D eigenvalue weighted by Gasteiger charge is 2.15. The van der Waals surface area contributed by atoms with Crippen LogP contribution in [0.4, 0.5) is 0 Å². The third kappa shape index (κ3) is 2.61. The van der Waals surface area contributed by atoms with Crippen molar-refractivity contribution in [2.24, 2.45) is 5.92 Å². The van der Waals surface area contributed by atoms with Gasteiger partial charge in [0.1, 0.15) is 5.69 Å². The van der Waals surface area contributed by atoms with E-state index in [4.69, 9.17) is 5.11 Å². The zero-order valence-corrected chi connectivity index (χ0v) is 9.83. The number of aliphatic carboxylic acids is 1. The predicted octanol–water partition coefficient (Wildman–Crippen LogP) is 0.302. The van der Waals surface area contributed by atoms with Crippen molar-refractivity contribution in [3.05, 3.63) is 5.38 Å². The minimum atomic E-state index is -0.824. The Labute approximate surface area is 100 Å². The third-order valence-electron chi connectivity index (χ3n) is 2.32. The first-order valence-electron chi connectivity index (χ1n) is 4.95. The summed E-state index contributed by atoms with van der Waals surface area (Å²) >= 11 is 1.21. The summed E-state index contributed by atoms with van der Waals surface area (Å²) in [7, 11) is 0. The number of carboxylic acid groups (broad SMARTS) is 1. The van der Waals surface area contributed by atoms with Crippen LogP contribution in [-0.4, -0.2) is 40.9 Å². The number of aromatic nitrogens is 6. The van der Waals surface area contributed by atoms with Gasteiger partial charge >= 0.3 is 5.97 Å². The van der Waals surface area contributed by atoms with Crippen LogP contribution >= 0.6 is 11.5 Å². The van der Waals surface area contributed by atoms with E-state index in [-0.39, 0.29) is 0 Å². The molecule has 0 saturated carbocycles. The third-order valence-corrected chi connectivity index (χ3v) is 2.82. The second-order valence-corrected chi connectivity index (χ2v) is 4.15. The monoisotopic (exact) mass is 254 g/mol. The van der Waals surface area contributed by atoms with Gasteiger partial charge in [-0.3, -0.25) is 4.79 Å². The Hall–Kier alpha value is -1.90. The van der Waals surface area contributed by atoms with Crippen molar-refractivity contribution in [2.75, 3.05) is 0 Å². The van der Waals surface area contributed by atoms with Crippen LogP contribution in [0.5, 0.6) is 0 Å². The fourth-order valence-electron chi connectivity index (χ4n) is 1.24. The first kappa shape index (κ1) is 11.6. The Balaban J connectivity index is 2.08. The molecule has 2 rings (SSSR count). The van der Waals surface area contributed by atoms with Gasteiger partial charge in [0.05, 0.1) is 5.92 Å². The van der Waals surface area contributed by atoms with Crippen molar-refractivity contribution in [3.63, 3.8) is 0 Å². The molecule has 9 heteroatoms. The minimum Gasteiger partial charge on any atom is -0.481 e. The average molecular weight is 254 g/mol. The molecular formula is C8H10N6O2S. The summed E-state index contributed by atoms with van der Waals surface area (Å²) in [6.07, 6.45) is 0.463. The highest BCUT2D eigenvalue weighted by molar-refractivity contribution is 7.03. The number of hydrogen-bond acceptors (Lipinski definition) is 7. The van der Waals surface area contributed by atoms with E-state index in [9.17, 15) is 4.79 Å². The summed E-state index contributed by atoms with van der Waals surface area (Å²) in [5, 5.41) is 25.6. The molecule has 0 saturated heterocycles. The predicted molar refractivity (Wildman–Crippen MR) is 58.1 cm³/mol. The van der Waals surface area contributed by atoms with Crippen LogP contribution in [0.15, 0.2) is 5.38 Å². The molecule has 1 atom stereocenters. The molecule has 90 valence electrons. The maximum absolute atomic E-state index is 10.7. The quantitative estimate of drug-likeness (QED) is 0.817. The van der Waals surface area contributed by atoms with Gasteiger partial charge in [0.15, 0.2) is 0 Å². The molecule has 2 aromatic rings. The number of aryl methyl sites for hydroxylation is 1. The number of carboxylic acids is 1. The minimum absolute atomic E-state index is 0.430. The first-order chi connectivity index (χ1) is 8.18. The number of hydrogen-bond donors (Lipinski definition) is 1. The molecule has 0 aromatic carbocycles. The van der Waals surface area contributed by atoms with Gasteiger partial charge < -0.3 is 5.11 Å². The molecule has 2 heterocycles. The molecule has 0 spiro atoms. The van der Waals surface area contributed by atoms with Crippen LogP contribution in [0.3, 0.4) is 0 Å². The summed E-state index contributed by atoms with van der Waals surface area (Å²) in [4.78, 5) is 10.7. The van der Waals surface area contributed by atoms with Gasteiger partial charge in [0.25, 0.3) is 0 Å². The molecule has 0 aliphatic heterocycles. The summed E-state index contributed by atoms with van der Waals surface area (Å²) in [6.45, 7) is 2.09. The van der Waals surface area contributed by atoms with Gasteiger partial charge in [0, 0.05) is 11.9 Å².